The van der Waals surface area contributed by atoms with Gasteiger partial charge in [0, 0.05) is 23.2 Å². The van der Waals surface area contributed by atoms with Gasteiger partial charge in [0.2, 0.25) is 17.7 Å². The van der Waals surface area contributed by atoms with E-state index >= 15 is 0 Å². The Balaban J connectivity index is 1.07. The second-order valence-electron chi connectivity index (χ2n) is 14.5. The summed E-state index contributed by atoms with van der Waals surface area (Å²) in [5.74, 6) is 1.95. The zero-order valence-corrected chi connectivity index (χ0v) is 25.8. The number of nitrogens with two attached hydrogens (primary N) is 1. The minimum absolute atomic E-state index is 0.0717. The number of hydrogen-bond acceptors (Lipinski definition) is 6. The van der Waals surface area contributed by atoms with Crippen LogP contribution in [0.1, 0.15) is 89.0 Å². The summed E-state index contributed by atoms with van der Waals surface area (Å²) in [6.07, 6.45) is 12.6. The topological polar surface area (TPSA) is 144 Å². The van der Waals surface area contributed by atoms with Crippen LogP contribution in [-0.4, -0.2) is 36.3 Å². The van der Waals surface area contributed by atoms with Crippen LogP contribution in [0.25, 0.3) is 11.0 Å². The molecule has 3 amide bonds. The third kappa shape index (κ3) is 4.60. The molecule has 1 spiro atoms. The fourth-order valence-electron chi connectivity index (χ4n) is 10.3. The van der Waals surface area contributed by atoms with Crippen LogP contribution in [0, 0.1) is 41.4 Å². The summed E-state index contributed by atoms with van der Waals surface area (Å²) in [4.78, 5) is 53.4. The quantitative estimate of drug-likeness (QED) is 0.207. The molecular formula is C35H46N4O5. The van der Waals surface area contributed by atoms with Gasteiger partial charge in [-0.05, 0) is 112 Å². The fraction of sp³-hybridized carbons (Fsp3) is 0.657. The average Bonchev–Trinajstić information content (AvgIpc) is 2.95. The predicted molar refractivity (Wildman–Crippen MR) is 168 cm³/mol. The zero-order valence-electron chi connectivity index (χ0n) is 25.8. The molecule has 5 saturated carbocycles. The Labute approximate surface area is 258 Å². The highest BCUT2D eigenvalue weighted by Crippen LogP contribution is 2.92. The van der Waals surface area contributed by atoms with Crippen molar-refractivity contribution in [2.24, 2.45) is 40.2 Å². The van der Waals surface area contributed by atoms with Crippen molar-refractivity contribution >= 4 is 34.4 Å². The minimum Gasteiger partial charge on any atom is -0.423 e. The van der Waals surface area contributed by atoms with E-state index in [1.165, 1.54) is 25.3 Å². The van der Waals surface area contributed by atoms with Gasteiger partial charge in [0.25, 0.3) is 0 Å². The second kappa shape index (κ2) is 11.3. The molecule has 0 saturated heterocycles. The van der Waals surface area contributed by atoms with Gasteiger partial charge in [0.1, 0.15) is 17.7 Å². The molecule has 9 nitrogen and oxygen atoms in total. The van der Waals surface area contributed by atoms with Crippen LogP contribution >= 0.6 is 0 Å². The molecule has 0 bridgehead atoms. The van der Waals surface area contributed by atoms with Crippen LogP contribution in [0.4, 0.5) is 5.69 Å². The van der Waals surface area contributed by atoms with Gasteiger partial charge in [0.15, 0.2) is 0 Å². The highest BCUT2D eigenvalue weighted by atomic mass is 16.4. The highest BCUT2D eigenvalue weighted by Gasteiger charge is 2.89. The van der Waals surface area contributed by atoms with Crippen LogP contribution in [0.3, 0.4) is 0 Å². The van der Waals surface area contributed by atoms with Crippen LogP contribution in [0.5, 0.6) is 0 Å². The van der Waals surface area contributed by atoms with Gasteiger partial charge >= 0.3 is 5.63 Å². The van der Waals surface area contributed by atoms with Crippen LogP contribution < -0.4 is 27.3 Å². The van der Waals surface area contributed by atoms with E-state index in [1.807, 2.05) is 13.0 Å². The molecule has 1 heterocycles. The van der Waals surface area contributed by atoms with E-state index in [2.05, 4.69) is 16.0 Å². The van der Waals surface area contributed by atoms with Gasteiger partial charge in [-0.2, -0.15) is 0 Å². The third-order valence-corrected chi connectivity index (χ3v) is 12.3. The number of benzene rings is 1. The van der Waals surface area contributed by atoms with E-state index in [-0.39, 0.29) is 28.6 Å². The van der Waals surface area contributed by atoms with E-state index in [4.69, 9.17) is 10.2 Å². The largest absolute Gasteiger partial charge is 0.423 e. The number of rotatable bonds is 12. The smallest absolute Gasteiger partial charge is 0.336 e. The number of anilines is 1. The van der Waals surface area contributed by atoms with Gasteiger partial charge in [-0.15, -0.1) is 0 Å². The molecule has 1 aromatic heterocycles. The summed E-state index contributed by atoms with van der Waals surface area (Å²) < 4.78 is 5.36. The monoisotopic (exact) mass is 602 g/mol. The van der Waals surface area contributed by atoms with E-state index < -0.39 is 17.7 Å². The summed E-state index contributed by atoms with van der Waals surface area (Å²) in [6.45, 7) is 2.34. The molecule has 1 aromatic carbocycles. The average molecular weight is 603 g/mol. The van der Waals surface area contributed by atoms with Crippen LogP contribution in [0.15, 0.2) is 33.5 Å². The van der Waals surface area contributed by atoms with E-state index in [0.717, 1.165) is 55.9 Å². The van der Waals surface area contributed by atoms with Crippen molar-refractivity contribution in [3.63, 3.8) is 0 Å². The molecule has 2 aromatic rings. The molecule has 5 aliphatic rings. The molecule has 4 atom stereocenters. The summed E-state index contributed by atoms with van der Waals surface area (Å²) >= 11 is 0. The molecule has 0 aliphatic heterocycles. The first-order valence-electron chi connectivity index (χ1n) is 16.9. The van der Waals surface area contributed by atoms with Crippen molar-refractivity contribution < 1.29 is 18.8 Å². The van der Waals surface area contributed by atoms with Crippen molar-refractivity contribution in [2.75, 3.05) is 11.9 Å². The third-order valence-electron chi connectivity index (χ3n) is 12.3. The summed E-state index contributed by atoms with van der Waals surface area (Å²) in [5, 5.41) is 10.00. The Morgan fingerprint density at radius 2 is 1.70 bits per heavy atom. The number of carbonyl (C=O) groups excluding carboxylic acids is 3. The van der Waals surface area contributed by atoms with E-state index in [1.54, 1.807) is 12.1 Å². The Bertz CT molecular complexity index is 1500. The molecule has 44 heavy (non-hydrogen) atoms. The first-order chi connectivity index (χ1) is 21.2. The van der Waals surface area contributed by atoms with Crippen LogP contribution in [-0.2, 0) is 14.4 Å². The first kappa shape index (κ1) is 29.5. The van der Waals surface area contributed by atoms with Gasteiger partial charge in [0.05, 0.1) is 5.41 Å². The Morgan fingerprint density at radius 1 is 0.955 bits per heavy atom. The number of nitrogens with one attached hydrogen (secondary N) is 3. The zero-order chi connectivity index (χ0) is 30.6. The number of carbonyl (C=O) groups is 3. The van der Waals surface area contributed by atoms with Gasteiger partial charge < -0.3 is 26.1 Å². The maximum atomic E-state index is 14.0. The lowest BCUT2D eigenvalue weighted by Gasteiger charge is -2.90. The molecule has 5 N–H and O–H groups in total. The van der Waals surface area contributed by atoms with Crippen molar-refractivity contribution in [1.82, 2.24) is 10.6 Å². The molecule has 4 unspecified atom stereocenters. The molecule has 0 radical (unpaired) electrons. The molecule has 236 valence electrons. The fourth-order valence-corrected chi connectivity index (χ4v) is 10.3. The Morgan fingerprint density at radius 3 is 2.39 bits per heavy atom. The van der Waals surface area contributed by atoms with Crippen LogP contribution in [0.2, 0.25) is 0 Å². The Hall–Kier alpha value is -3.20. The SMILES string of the molecule is Cc1cc(=O)oc2cc(NC(=O)C(CCCCN)NC(=O)C(CC3CCCCC3)NC(=O)C34CC5CC6CC(C3)C654)ccc12. The van der Waals surface area contributed by atoms with Gasteiger partial charge in [-0.25, -0.2) is 4.79 Å². The molecule has 5 fully saturated rings. The molecule has 9 heteroatoms. The first-order valence-corrected chi connectivity index (χ1v) is 16.9. The summed E-state index contributed by atoms with van der Waals surface area (Å²) in [7, 11) is 0. The normalized spacial score (nSPS) is 31.1. The number of fused-ring (bicyclic) bond motifs is 1. The highest BCUT2D eigenvalue weighted by molar-refractivity contribution is 6.00. The van der Waals surface area contributed by atoms with Crippen molar-refractivity contribution in [3.8, 4) is 0 Å². The maximum absolute atomic E-state index is 14.0. The number of aryl methyl sites for hydroxylation is 1. The minimum atomic E-state index is -0.791. The summed E-state index contributed by atoms with van der Waals surface area (Å²) in [6, 6.07) is 5.20. The standard InChI is InChI=1S/C35H46N4O5/c1-20-13-30(40)44-29-17-25(10-11-26(20)29)37-31(41)27(9-5-6-12-36)38-32(42)28(14-21-7-3-2-4-8-21)39-33(43)34-18-23-15-22-16-24(19-34)35(22,23)34/h10-11,13,17,21-24,27-28H,2-9,12,14-16,18-19,36H2,1H3,(H,37,41)(H,38,42)(H,39,43). The molecule has 7 rings (SSSR count). The lowest BCUT2D eigenvalue weighted by molar-refractivity contribution is -0.413. The molecular weight excluding hydrogens is 556 g/mol. The molecule has 5 aliphatic carbocycles. The predicted octanol–water partition coefficient (Wildman–Crippen LogP) is 4.55. The van der Waals surface area contributed by atoms with Gasteiger partial charge in [-0.3, -0.25) is 14.4 Å². The summed E-state index contributed by atoms with van der Waals surface area (Å²) in [5.41, 5.74) is 6.94. The maximum Gasteiger partial charge on any atom is 0.336 e. The number of amides is 3. The number of unbranched alkanes of at least 4 members (excludes halogenated alkanes) is 1. The lowest BCUT2D eigenvalue weighted by atomic mass is 9.13. The van der Waals surface area contributed by atoms with Gasteiger partial charge in [-0.1, -0.05) is 32.1 Å². The lowest BCUT2D eigenvalue weighted by Crippen LogP contribution is -2.88. The van der Waals surface area contributed by atoms with E-state index in [9.17, 15) is 19.2 Å². The van der Waals surface area contributed by atoms with Crippen molar-refractivity contribution in [3.05, 3.63) is 40.2 Å². The Kier molecular flexibility index (Phi) is 7.58. The second-order valence-corrected chi connectivity index (χ2v) is 14.5. The van der Waals surface area contributed by atoms with Crippen molar-refractivity contribution in [2.45, 2.75) is 102 Å². The number of hydrogen-bond donors (Lipinski definition) is 4. The van der Waals surface area contributed by atoms with Crippen molar-refractivity contribution in [1.29, 1.82) is 0 Å². The van der Waals surface area contributed by atoms with E-state index in [0.29, 0.717) is 60.7 Å².